The average molecular weight is 329 g/mol. The Hall–Kier alpha value is -1.37. The maximum Gasteiger partial charge on any atom is 0.337 e. The third kappa shape index (κ3) is 4.56. The van der Waals surface area contributed by atoms with Gasteiger partial charge in [0.05, 0.1) is 29.5 Å². The van der Waals surface area contributed by atoms with Gasteiger partial charge in [-0.25, -0.2) is 4.79 Å². The highest BCUT2D eigenvalue weighted by Gasteiger charge is 2.16. The van der Waals surface area contributed by atoms with E-state index >= 15 is 0 Å². The lowest BCUT2D eigenvalue weighted by molar-refractivity contribution is 0.0601. The number of carbonyl (C=O) groups excluding carboxylic acids is 1. The molecule has 5 nitrogen and oxygen atoms in total. The fourth-order valence-corrected chi connectivity index (χ4v) is 2.40. The van der Waals surface area contributed by atoms with Crippen molar-refractivity contribution in [1.82, 2.24) is 5.32 Å². The SMILES string of the molecule is COC(=O)c1ccc(Cl)c(NC(=S)NC[C@H]2CCCO2)c1. The highest BCUT2D eigenvalue weighted by molar-refractivity contribution is 7.80. The first-order valence-electron chi connectivity index (χ1n) is 6.64. The molecule has 114 valence electrons. The van der Waals surface area contributed by atoms with E-state index in [1.165, 1.54) is 7.11 Å². The lowest BCUT2D eigenvalue weighted by Crippen LogP contribution is -2.34. The fourth-order valence-electron chi connectivity index (χ4n) is 2.04. The molecule has 0 bridgehead atoms. The molecular weight excluding hydrogens is 312 g/mol. The lowest BCUT2D eigenvalue weighted by atomic mass is 10.2. The first kappa shape index (κ1) is 16.0. The number of rotatable bonds is 4. The van der Waals surface area contributed by atoms with E-state index in [0.717, 1.165) is 19.4 Å². The van der Waals surface area contributed by atoms with Crippen LogP contribution in [0, 0.1) is 0 Å². The Morgan fingerprint density at radius 3 is 3.05 bits per heavy atom. The second-order valence-corrected chi connectivity index (χ2v) is 5.47. The number of hydrogen-bond donors (Lipinski definition) is 2. The van der Waals surface area contributed by atoms with Crippen LogP contribution in [0.25, 0.3) is 0 Å². The van der Waals surface area contributed by atoms with Crippen molar-refractivity contribution in [2.45, 2.75) is 18.9 Å². The molecule has 1 aromatic carbocycles. The summed E-state index contributed by atoms with van der Waals surface area (Å²) in [6.07, 6.45) is 2.31. The summed E-state index contributed by atoms with van der Waals surface area (Å²) in [5, 5.41) is 6.98. The number of halogens is 1. The molecule has 0 spiro atoms. The van der Waals surface area contributed by atoms with E-state index < -0.39 is 5.97 Å². The molecule has 1 atom stereocenters. The minimum absolute atomic E-state index is 0.196. The standard InChI is InChI=1S/C14H17ClN2O3S/c1-19-13(18)9-4-5-11(15)12(7-9)17-14(21)16-8-10-3-2-6-20-10/h4-5,7,10H,2-3,6,8H2,1H3,(H2,16,17,21)/t10-/m1/s1. The molecule has 2 N–H and O–H groups in total. The van der Waals surface area contributed by atoms with Crippen LogP contribution in [0.2, 0.25) is 5.02 Å². The highest BCUT2D eigenvalue weighted by atomic mass is 35.5. The van der Waals surface area contributed by atoms with Crippen molar-refractivity contribution in [3.05, 3.63) is 28.8 Å². The van der Waals surface area contributed by atoms with E-state index in [1.807, 2.05) is 0 Å². The van der Waals surface area contributed by atoms with Crippen molar-refractivity contribution in [2.24, 2.45) is 0 Å². The summed E-state index contributed by atoms with van der Waals surface area (Å²) in [6.45, 7) is 1.46. The summed E-state index contributed by atoms with van der Waals surface area (Å²) in [7, 11) is 1.33. The molecule has 7 heteroatoms. The molecule has 0 saturated carbocycles. The van der Waals surface area contributed by atoms with Crippen LogP contribution < -0.4 is 10.6 Å². The zero-order valence-corrected chi connectivity index (χ0v) is 13.2. The van der Waals surface area contributed by atoms with Crippen molar-refractivity contribution in [3.8, 4) is 0 Å². The number of thiocarbonyl (C=S) groups is 1. The number of hydrogen-bond acceptors (Lipinski definition) is 4. The lowest BCUT2D eigenvalue weighted by Gasteiger charge is -2.15. The van der Waals surface area contributed by atoms with Gasteiger partial charge in [0, 0.05) is 13.2 Å². The van der Waals surface area contributed by atoms with E-state index in [9.17, 15) is 4.79 Å². The van der Waals surface area contributed by atoms with Gasteiger partial charge < -0.3 is 20.1 Å². The van der Waals surface area contributed by atoms with E-state index in [0.29, 0.717) is 27.9 Å². The first-order chi connectivity index (χ1) is 10.1. The summed E-state index contributed by atoms with van der Waals surface area (Å²) < 4.78 is 10.2. The number of ether oxygens (including phenoxy) is 2. The van der Waals surface area contributed by atoms with Gasteiger partial charge in [0.15, 0.2) is 5.11 Å². The van der Waals surface area contributed by atoms with Crippen molar-refractivity contribution in [2.75, 3.05) is 25.6 Å². The van der Waals surface area contributed by atoms with Crippen molar-refractivity contribution < 1.29 is 14.3 Å². The van der Waals surface area contributed by atoms with Crippen LogP contribution in [-0.4, -0.2) is 37.4 Å². The highest BCUT2D eigenvalue weighted by Crippen LogP contribution is 2.23. The largest absolute Gasteiger partial charge is 0.465 e. The van der Waals surface area contributed by atoms with Crippen molar-refractivity contribution in [3.63, 3.8) is 0 Å². The first-order valence-corrected chi connectivity index (χ1v) is 7.43. The predicted octanol–water partition coefficient (Wildman–Crippen LogP) is 2.59. The van der Waals surface area contributed by atoms with Gasteiger partial charge in [-0.15, -0.1) is 0 Å². The smallest absolute Gasteiger partial charge is 0.337 e. The molecule has 0 amide bonds. The van der Waals surface area contributed by atoms with E-state index in [-0.39, 0.29) is 6.10 Å². The Kier molecular flexibility index (Phi) is 5.78. The minimum Gasteiger partial charge on any atom is -0.465 e. The molecule has 0 unspecified atom stereocenters. The summed E-state index contributed by atoms with van der Waals surface area (Å²) in [5.41, 5.74) is 0.968. The molecule has 1 aliphatic heterocycles. The number of methoxy groups -OCH3 is 1. The normalized spacial score (nSPS) is 17.3. The van der Waals surface area contributed by atoms with Crippen LogP contribution in [0.3, 0.4) is 0 Å². The molecule has 0 aromatic heterocycles. The Morgan fingerprint density at radius 2 is 2.38 bits per heavy atom. The van der Waals surface area contributed by atoms with E-state index in [2.05, 4.69) is 15.4 Å². The Labute approximate surface area is 133 Å². The Morgan fingerprint density at radius 1 is 1.57 bits per heavy atom. The third-order valence-corrected chi connectivity index (χ3v) is 3.73. The van der Waals surface area contributed by atoms with Crippen LogP contribution in [0.15, 0.2) is 18.2 Å². The van der Waals surface area contributed by atoms with Gasteiger partial charge in [-0.05, 0) is 43.3 Å². The quantitative estimate of drug-likeness (QED) is 0.654. The molecule has 1 aliphatic rings. The Balaban J connectivity index is 1.94. The molecule has 0 aliphatic carbocycles. The van der Waals surface area contributed by atoms with Crippen LogP contribution in [0.1, 0.15) is 23.2 Å². The average Bonchev–Trinajstić information content (AvgIpc) is 3.00. The summed E-state index contributed by atoms with van der Waals surface area (Å²) >= 11 is 11.3. The second kappa shape index (κ2) is 7.59. The number of esters is 1. The zero-order valence-electron chi connectivity index (χ0n) is 11.6. The topological polar surface area (TPSA) is 59.6 Å². The molecule has 2 rings (SSSR count). The van der Waals surface area contributed by atoms with Gasteiger partial charge in [0.25, 0.3) is 0 Å². The predicted molar refractivity (Wildman–Crippen MR) is 86.0 cm³/mol. The van der Waals surface area contributed by atoms with E-state index in [1.54, 1.807) is 18.2 Å². The zero-order chi connectivity index (χ0) is 15.2. The minimum atomic E-state index is -0.423. The molecular formula is C14H17ClN2O3S. The number of nitrogens with one attached hydrogen (secondary N) is 2. The second-order valence-electron chi connectivity index (χ2n) is 4.66. The maximum absolute atomic E-state index is 11.5. The molecule has 1 heterocycles. The van der Waals surface area contributed by atoms with Crippen LogP contribution in [0.5, 0.6) is 0 Å². The molecule has 21 heavy (non-hydrogen) atoms. The third-order valence-electron chi connectivity index (χ3n) is 3.15. The fraction of sp³-hybridized carbons (Fsp3) is 0.429. The van der Waals surface area contributed by atoms with Crippen molar-refractivity contribution in [1.29, 1.82) is 0 Å². The molecule has 1 fully saturated rings. The molecule has 0 radical (unpaired) electrons. The van der Waals surface area contributed by atoms with Crippen LogP contribution in [-0.2, 0) is 9.47 Å². The monoisotopic (exact) mass is 328 g/mol. The van der Waals surface area contributed by atoms with Gasteiger partial charge in [-0.1, -0.05) is 11.6 Å². The van der Waals surface area contributed by atoms with Crippen LogP contribution in [0.4, 0.5) is 5.69 Å². The summed E-state index contributed by atoms with van der Waals surface area (Å²) in [6, 6.07) is 4.83. The summed E-state index contributed by atoms with van der Waals surface area (Å²) in [4.78, 5) is 11.5. The van der Waals surface area contributed by atoms with Crippen molar-refractivity contribution >= 4 is 40.6 Å². The summed E-state index contributed by atoms with van der Waals surface area (Å²) in [5.74, 6) is -0.423. The van der Waals surface area contributed by atoms with Gasteiger partial charge in [0.1, 0.15) is 0 Å². The number of anilines is 1. The maximum atomic E-state index is 11.5. The van der Waals surface area contributed by atoms with Crippen LogP contribution >= 0.6 is 23.8 Å². The molecule has 1 saturated heterocycles. The van der Waals surface area contributed by atoms with Gasteiger partial charge >= 0.3 is 5.97 Å². The number of benzene rings is 1. The van der Waals surface area contributed by atoms with E-state index in [4.69, 9.17) is 28.6 Å². The van der Waals surface area contributed by atoms with Gasteiger partial charge in [-0.2, -0.15) is 0 Å². The van der Waals surface area contributed by atoms with Gasteiger partial charge in [-0.3, -0.25) is 0 Å². The molecule has 1 aromatic rings. The van der Waals surface area contributed by atoms with Gasteiger partial charge in [0.2, 0.25) is 0 Å². The number of carbonyl (C=O) groups is 1. The Bertz CT molecular complexity index is 533.